The maximum absolute atomic E-state index is 14.1. The fourth-order valence-electron chi connectivity index (χ4n) is 1.28. The number of benzene rings is 1. The van der Waals surface area contributed by atoms with Gasteiger partial charge in [0.05, 0.1) is 14.2 Å². The molecule has 1 aromatic rings. The molecule has 1 rings (SSSR count). The zero-order valence-electron chi connectivity index (χ0n) is 9.28. The topological polar surface area (TPSA) is 55.8 Å². The van der Waals surface area contributed by atoms with Gasteiger partial charge in [-0.15, -0.1) is 0 Å². The highest BCUT2D eigenvalue weighted by molar-refractivity contribution is 5.80. The van der Waals surface area contributed by atoms with E-state index in [1.165, 1.54) is 25.3 Å². The van der Waals surface area contributed by atoms with Crippen LogP contribution in [0.1, 0.15) is 12.5 Å². The predicted octanol–water partition coefficient (Wildman–Crippen LogP) is 1.76. The molecule has 1 aromatic carbocycles. The first kappa shape index (κ1) is 12.3. The number of ether oxygens (including phenoxy) is 2. The first-order valence-electron chi connectivity index (χ1n) is 4.58. The van der Waals surface area contributed by atoms with Crippen LogP contribution in [0.25, 0.3) is 0 Å². The summed E-state index contributed by atoms with van der Waals surface area (Å²) in [7, 11) is 2.45. The second-order valence-corrected chi connectivity index (χ2v) is 3.38. The summed E-state index contributed by atoms with van der Waals surface area (Å²) in [6.07, 6.45) is 0. The summed E-state index contributed by atoms with van der Waals surface area (Å²) in [5, 5.41) is 9.33. The van der Waals surface area contributed by atoms with Crippen LogP contribution in [0.5, 0.6) is 11.5 Å². The van der Waals surface area contributed by atoms with Crippen molar-refractivity contribution in [2.45, 2.75) is 12.6 Å². The van der Waals surface area contributed by atoms with Gasteiger partial charge in [-0.25, -0.2) is 9.18 Å². The van der Waals surface area contributed by atoms with Gasteiger partial charge in [0.25, 0.3) is 0 Å². The van der Waals surface area contributed by atoms with E-state index in [1.807, 2.05) is 0 Å². The highest BCUT2D eigenvalue weighted by Gasteiger charge is 2.37. The molecule has 0 radical (unpaired) electrons. The highest BCUT2D eigenvalue weighted by atomic mass is 19.1. The minimum atomic E-state index is -2.27. The number of esters is 1. The predicted molar refractivity (Wildman–Crippen MR) is 55.1 cm³/mol. The van der Waals surface area contributed by atoms with Crippen molar-refractivity contribution in [3.63, 3.8) is 0 Å². The van der Waals surface area contributed by atoms with E-state index < -0.39 is 11.6 Å². The molecule has 0 fully saturated rings. The van der Waals surface area contributed by atoms with Gasteiger partial charge < -0.3 is 14.6 Å². The average Bonchev–Trinajstić information content (AvgIpc) is 2.28. The first-order chi connectivity index (χ1) is 7.43. The van der Waals surface area contributed by atoms with E-state index in [2.05, 4.69) is 4.74 Å². The third kappa shape index (κ3) is 2.08. The number of methoxy groups -OCH3 is 2. The van der Waals surface area contributed by atoms with Crippen molar-refractivity contribution in [2.24, 2.45) is 0 Å². The molecule has 0 spiro atoms. The fourth-order valence-corrected chi connectivity index (χ4v) is 1.28. The minimum absolute atomic E-state index is 0.0639. The van der Waals surface area contributed by atoms with Crippen molar-refractivity contribution < 1.29 is 23.8 Å². The standard InChI is InChI=1S/C11H13FO4/c1-11(12,10(14)16-3)7-4-5-8(13)9(6-7)15-2/h4-6,13H,1-3H3. The smallest absolute Gasteiger partial charge is 0.348 e. The Kier molecular flexibility index (Phi) is 3.37. The van der Waals surface area contributed by atoms with Crippen molar-refractivity contribution in [2.75, 3.05) is 14.2 Å². The Hall–Kier alpha value is -1.78. The lowest BCUT2D eigenvalue weighted by atomic mass is 9.97. The van der Waals surface area contributed by atoms with E-state index in [0.29, 0.717) is 0 Å². The van der Waals surface area contributed by atoms with E-state index in [1.54, 1.807) is 0 Å². The van der Waals surface area contributed by atoms with Crippen molar-refractivity contribution in [1.82, 2.24) is 0 Å². The van der Waals surface area contributed by atoms with Crippen LogP contribution in [0, 0.1) is 0 Å². The Bertz CT molecular complexity index is 401. The molecule has 16 heavy (non-hydrogen) atoms. The van der Waals surface area contributed by atoms with E-state index >= 15 is 0 Å². The molecule has 0 bridgehead atoms. The number of rotatable bonds is 3. The van der Waals surface area contributed by atoms with Crippen LogP contribution in [-0.2, 0) is 15.2 Å². The third-order valence-corrected chi connectivity index (χ3v) is 2.29. The summed E-state index contributed by atoms with van der Waals surface area (Å²) >= 11 is 0. The molecule has 0 heterocycles. The number of phenolic OH excluding ortho intramolecular Hbond substituents is 1. The Morgan fingerprint density at radius 1 is 1.44 bits per heavy atom. The van der Waals surface area contributed by atoms with Gasteiger partial charge in [-0.05, 0) is 19.1 Å². The number of alkyl halides is 1. The second kappa shape index (κ2) is 4.38. The number of hydrogen-bond acceptors (Lipinski definition) is 4. The quantitative estimate of drug-likeness (QED) is 0.801. The minimum Gasteiger partial charge on any atom is -0.504 e. The first-order valence-corrected chi connectivity index (χ1v) is 4.58. The van der Waals surface area contributed by atoms with E-state index in [9.17, 15) is 14.3 Å². The van der Waals surface area contributed by atoms with Crippen LogP contribution in [-0.4, -0.2) is 25.3 Å². The zero-order valence-corrected chi connectivity index (χ0v) is 9.28. The third-order valence-electron chi connectivity index (χ3n) is 2.29. The molecular weight excluding hydrogens is 215 g/mol. The molecule has 1 unspecified atom stereocenters. The van der Waals surface area contributed by atoms with Gasteiger partial charge in [0, 0.05) is 5.56 Å². The Morgan fingerprint density at radius 2 is 2.06 bits per heavy atom. The second-order valence-electron chi connectivity index (χ2n) is 3.38. The molecule has 88 valence electrons. The molecule has 0 aliphatic carbocycles. The van der Waals surface area contributed by atoms with Crippen molar-refractivity contribution in [3.8, 4) is 11.5 Å². The summed E-state index contributed by atoms with van der Waals surface area (Å²) in [4.78, 5) is 11.2. The van der Waals surface area contributed by atoms with Crippen LogP contribution in [0.15, 0.2) is 18.2 Å². The monoisotopic (exact) mass is 228 g/mol. The zero-order chi connectivity index (χ0) is 12.3. The SMILES string of the molecule is COC(=O)C(C)(F)c1ccc(O)c(OC)c1. The molecule has 1 N–H and O–H groups in total. The Labute approximate surface area is 92.6 Å². The number of phenols is 1. The Morgan fingerprint density at radius 3 is 2.56 bits per heavy atom. The summed E-state index contributed by atoms with van der Waals surface area (Å²) in [6, 6.07) is 3.82. The molecule has 1 atom stereocenters. The van der Waals surface area contributed by atoms with Gasteiger partial charge in [-0.1, -0.05) is 6.07 Å². The van der Waals surface area contributed by atoms with E-state index in [-0.39, 0.29) is 17.1 Å². The highest BCUT2D eigenvalue weighted by Crippen LogP contribution is 2.34. The molecule has 0 aliphatic rings. The average molecular weight is 228 g/mol. The van der Waals surface area contributed by atoms with Crippen molar-refractivity contribution >= 4 is 5.97 Å². The Balaban J connectivity index is 3.18. The van der Waals surface area contributed by atoms with Gasteiger partial charge in [-0.3, -0.25) is 0 Å². The lowest BCUT2D eigenvalue weighted by Crippen LogP contribution is -2.28. The van der Waals surface area contributed by atoms with Crippen LogP contribution >= 0.6 is 0 Å². The van der Waals surface area contributed by atoms with E-state index in [0.717, 1.165) is 14.0 Å². The lowest BCUT2D eigenvalue weighted by Gasteiger charge is -2.18. The molecular formula is C11H13FO4. The molecule has 0 saturated carbocycles. The molecule has 0 saturated heterocycles. The molecule has 0 amide bonds. The summed E-state index contributed by atoms with van der Waals surface area (Å²) in [5.74, 6) is -1.02. The van der Waals surface area contributed by atoms with Gasteiger partial charge in [0.1, 0.15) is 0 Å². The fraction of sp³-hybridized carbons (Fsp3) is 0.364. The molecule has 0 aliphatic heterocycles. The number of carbonyl (C=O) groups excluding carboxylic acids is 1. The number of carbonyl (C=O) groups is 1. The van der Waals surface area contributed by atoms with Crippen molar-refractivity contribution in [1.29, 1.82) is 0 Å². The maximum Gasteiger partial charge on any atom is 0.348 e. The van der Waals surface area contributed by atoms with Gasteiger partial charge >= 0.3 is 5.97 Å². The van der Waals surface area contributed by atoms with Crippen LogP contribution < -0.4 is 4.74 Å². The summed E-state index contributed by atoms with van der Waals surface area (Å²) in [6.45, 7) is 1.09. The molecule has 4 nitrogen and oxygen atoms in total. The van der Waals surface area contributed by atoms with E-state index in [4.69, 9.17) is 4.74 Å². The normalized spacial score (nSPS) is 14.0. The van der Waals surface area contributed by atoms with Crippen LogP contribution in [0.2, 0.25) is 0 Å². The summed E-state index contributed by atoms with van der Waals surface area (Å²) < 4.78 is 23.2. The largest absolute Gasteiger partial charge is 0.504 e. The number of halogens is 1. The van der Waals surface area contributed by atoms with Crippen LogP contribution in [0.3, 0.4) is 0 Å². The number of aromatic hydroxyl groups is 1. The molecule has 0 aromatic heterocycles. The lowest BCUT2D eigenvalue weighted by molar-refractivity contribution is -0.154. The van der Waals surface area contributed by atoms with Gasteiger partial charge in [-0.2, -0.15) is 0 Å². The van der Waals surface area contributed by atoms with Gasteiger partial charge in [0.15, 0.2) is 11.5 Å². The molecule has 5 heteroatoms. The maximum atomic E-state index is 14.1. The number of hydrogen-bond donors (Lipinski definition) is 1. The van der Waals surface area contributed by atoms with Crippen molar-refractivity contribution in [3.05, 3.63) is 23.8 Å². The summed E-state index contributed by atoms with van der Waals surface area (Å²) in [5.41, 5.74) is -2.20. The van der Waals surface area contributed by atoms with Gasteiger partial charge in [0.2, 0.25) is 5.67 Å². The van der Waals surface area contributed by atoms with Crippen LogP contribution in [0.4, 0.5) is 4.39 Å².